The number of carbonyl (C=O) groups excluding carboxylic acids is 1. The molecule has 2 atom stereocenters. The van der Waals surface area contributed by atoms with Gasteiger partial charge >= 0.3 is 0 Å². The molecule has 2 fully saturated rings. The maximum atomic E-state index is 12.1. The molecule has 108 valence electrons. The van der Waals surface area contributed by atoms with Crippen LogP contribution < -0.4 is 5.32 Å². The molecule has 0 saturated heterocycles. The summed E-state index contributed by atoms with van der Waals surface area (Å²) in [5.41, 5.74) is 0.386. The van der Waals surface area contributed by atoms with Gasteiger partial charge in [-0.2, -0.15) is 0 Å². The van der Waals surface area contributed by atoms with Gasteiger partial charge in [0, 0.05) is 16.0 Å². The molecule has 3 rings (SSSR count). The normalized spacial score (nSPS) is 24.6. The summed E-state index contributed by atoms with van der Waals surface area (Å²) >= 11 is 5.79. The van der Waals surface area contributed by atoms with Crippen LogP contribution in [-0.2, 0) is 15.6 Å². The Morgan fingerprint density at radius 3 is 2.50 bits per heavy atom. The molecule has 0 aromatic heterocycles. The Hall–Kier alpha value is -0.870. The number of hydrogen-bond donors (Lipinski definition) is 1. The van der Waals surface area contributed by atoms with Gasteiger partial charge in [-0.05, 0) is 55.4 Å². The zero-order valence-corrected chi connectivity index (χ0v) is 12.8. The predicted octanol–water partition coefficient (Wildman–Crippen LogP) is 2.90. The molecule has 2 aliphatic carbocycles. The fourth-order valence-corrected chi connectivity index (χ4v) is 4.23. The Kier molecular flexibility index (Phi) is 3.87. The molecule has 20 heavy (non-hydrogen) atoms. The molecule has 1 amide bonds. The predicted molar refractivity (Wildman–Crippen MR) is 80.2 cm³/mol. The largest absolute Gasteiger partial charge is 0.352 e. The van der Waals surface area contributed by atoms with E-state index in [9.17, 15) is 9.00 Å². The summed E-state index contributed by atoms with van der Waals surface area (Å²) in [5.74, 6) is -0.0666. The molecule has 0 heterocycles. The van der Waals surface area contributed by atoms with Crippen molar-refractivity contribution in [2.45, 2.75) is 43.0 Å². The first-order chi connectivity index (χ1) is 9.59. The molecule has 5 heteroatoms. The Labute approximate surface area is 126 Å². The smallest absolute Gasteiger partial charge is 0.233 e. The number of rotatable bonds is 4. The van der Waals surface area contributed by atoms with Crippen molar-refractivity contribution in [1.29, 1.82) is 0 Å². The van der Waals surface area contributed by atoms with Gasteiger partial charge in [0.1, 0.15) is 5.75 Å². The molecule has 1 spiro atoms. The first-order valence-electron chi connectivity index (χ1n) is 7.02. The number of carbonyl (C=O) groups is 1. The number of benzene rings is 1. The van der Waals surface area contributed by atoms with Crippen LogP contribution in [0.3, 0.4) is 0 Å². The Morgan fingerprint density at radius 1 is 1.30 bits per heavy atom. The SMILES string of the molecule is O=C(CS(=O)c1ccc(Cl)cc1)NC1CCC12CCC2. The second-order valence-electron chi connectivity index (χ2n) is 5.82. The summed E-state index contributed by atoms with van der Waals surface area (Å²) in [6, 6.07) is 7.13. The molecule has 3 nitrogen and oxygen atoms in total. The first-order valence-corrected chi connectivity index (χ1v) is 8.72. The van der Waals surface area contributed by atoms with Crippen LogP contribution in [0.1, 0.15) is 32.1 Å². The van der Waals surface area contributed by atoms with E-state index < -0.39 is 10.8 Å². The molecule has 1 aromatic carbocycles. The zero-order valence-electron chi connectivity index (χ0n) is 11.2. The monoisotopic (exact) mass is 311 g/mol. The molecule has 2 saturated carbocycles. The number of nitrogens with one attached hydrogen (secondary N) is 1. The van der Waals surface area contributed by atoms with Crippen LogP contribution in [0.25, 0.3) is 0 Å². The van der Waals surface area contributed by atoms with E-state index in [2.05, 4.69) is 5.32 Å². The maximum Gasteiger partial charge on any atom is 0.233 e. The van der Waals surface area contributed by atoms with Gasteiger partial charge < -0.3 is 5.32 Å². The molecule has 1 aromatic rings. The van der Waals surface area contributed by atoms with Crippen LogP contribution in [0.5, 0.6) is 0 Å². The summed E-state index contributed by atoms with van der Waals surface area (Å²) in [4.78, 5) is 12.6. The Morgan fingerprint density at radius 2 is 2.00 bits per heavy atom. The van der Waals surface area contributed by atoms with Crippen LogP contribution in [0, 0.1) is 5.41 Å². The van der Waals surface area contributed by atoms with E-state index >= 15 is 0 Å². The molecule has 0 bridgehead atoms. The van der Waals surface area contributed by atoms with Crippen LogP contribution in [-0.4, -0.2) is 21.9 Å². The third-order valence-electron chi connectivity index (χ3n) is 4.69. The molecule has 0 radical (unpaired) electrons. The van der Waals surface area contributed by atoms with E-state index in [0.29, 0.717) is 21.4 Å². The van der Waals surface area contributed by atoms with Gasteiger partial charge in [-0.25, -0.2) is 0 Å². The lowest BCUT2D eigenvalue weighted by Crippen LogP contribution is -2.58. The Bertz CT molecular complexity index is 534. The highest BCUT2D eigenvalue weighted by Gasteiger charge is 2.51. The third-order valence-corrected chi connectivity index (χ3v) is 6.27. The van der Waals surface area contributed by atoms with E-state index in [1.807, 2.05) is 0 Å². The highest BCUT2D eigenvalue weighted by molar-refractivity contribution is 7.85. The van der Waals surface area contributed by atoms with Gasteiger partial charge in [0.05, 0.1) is 10.8 Å². The molecule has 0 aliphatic heterocycles. The van der Waals surface area contributed by atoms with Crippen LogP contribution in [0.15, 0.2) is 29.2 Å². The van der Waals surface area contributed by atoms with Crippen molar-refractivity contribution in [3.63, 3.8) is 0 Å². The molecular weight excluding hydrogens is 294 g/mol. The summed E-state index contributed by atoms with van der Waals surface area (Å²) < 4.78 is 12.1. The first kappa shape index (κ1) is 14.1. The lowest BCUT2D eigenvalue weighted by atomic mass is 9.53. The zero-order chi connectivity index (χ0) is 14.2. The van der Waals surface area contributed by atoms with Crippen LogP contribution in [0.2, 0.25) is 5.02 Å². The number of hydrogen-bond acceptors (Lipinski definition) is 2. The molecular formula is C15H18ClNO2S. The fraction of sp³-hybridized carbons (Fsp3) is 0.533. The van der Waals surface area contributed by atoms with Crippen LogP contribution in [0.4, 0.5) is 0 Å². The minimum Gasteiger partial charge on any atom is -0.352 e. The van der Waals surface area contributed by atoms with Gasteiger partial charge in [0.25, 0.3) is 0 Å². The van der Waals surface area contributed by atoms with Crippen molar-refractivity contribution in [2.24, 2.45) is 5.41 Å². The van der Waals surface area contributed by atoms with Crippen LogP contribution >= 0.6 is 11.6 Å². The van der Waals surface area contributed by atoms with E-state index in [1.54, 1.807) is 24.3 Å². The number of halogens is 1. The van der Waals surface area contributed by atoms with Crippen molar-refractivity contribution < 1.29 is 9.00 Å². The lowest BCUT2D eigenvalue weighted by molar-refractivity contribution is -0.123. The summed E-state index contributed by atoms with van der Waals surface area (Å²) in [7, 11) is -1.30. The highest BCUT2D eigenvalue weighted by atomic mass is 35.5. The maximum absolute atomic E-state index is 12.1. The summed E-state index contributed by atoms with van der Waals surface area (Å²) in [6.07, 6.45) is 6.05. The second-order valence-corrected chi connectivity index (χ2v) is 7.71. The lowest BCUT2D eigenvalue weighted by Gasteiger charge is -2.56. The fourth-order valence-electron chi connectivity index (χ4n) is 3.18. The molecule has 1 N–H and O–H groups in total. The third kappa shape index (κ3) is 2.63. The molecule has 2 unspecified atom stereocenters. The standard InChI is InChI=1S/C15H18ClNO2S/c16-11-2-4-12(5-3-11)20(19)10-14(18)17-13-6-9-15(13)7-1-8-15/h2-5,13H,1,6-10H2,(H,17,18). The Balaban J connectivity index is 1.53. The highest BCUT2D eigenvalue weighted by Crippen LogP contribution is 2.55. The van der Waals surface area contributed by atoms with E-state index in [0.717, 1.165) is 6.42 Å². The van der Waals surface area contributed by atoms with Gasteiger partial charge in [-0.3, -0.25) is 9.00 Å². The van der Waals surface area contributed by atoms with E-state index in [4.69, 9.17) is 11.6 Å². The van der Waals surface area contributed by atoms with E-state index in [-0.39, 0.29) is 11.7 Å². The van der Waals surface area contributed by atoms with Gasteiger partial charge in [0.15, 0.2) is 0 Å². The topological polar surface area (TPSA) is 46.2 Å². The van der Waals surface area contributed by atoms with Crippen molar-refractivity contribution in [3.05, 3.63) is 29.3 Å². The quantitative estimate of drug-likeness (QED) is 0.929. The van der Waals surface area contributed by atoms with Crippen molar-refractivity contribution in [3.8, 4) is 0 Å². The van der Waals surface area contributed by atoms with Crippen molar-refractivity contribution in [2.75, 3.05) is 5.75 Å². The minimum atomic E-state index is -1.30. The van der Waals surface area contributed by atoms with Gasteiger partial charge in [0.2, 0.25) is 5.91 Å². The number of amides is 1. The van der Waals surface area contributed by atoms with Crippen molar-refractivity contribution in [1.82, 2.24) is 5.32 Å². The summed E-state index contributed by atoms with van der Waals surface area (Å²) in [6.45, 7) is 0. The average Bonchev–Trinajstić information content (AvgIpc) is 2.33. The molecule has 2 aliphatic rings. The second kappa shape index (κ2) is 5.49. The van der Waals surface area contributed by atoms with Gasteiger partial charge in [-0.1, -0.05) is 18.0 Å². The minimum absolute atomic E-state index is 0.0359. The summed E-state index contributed by atoms with van der Waals surface area (Å²) in [5, 5.41) is 3.67. The van der Waals surface area contributed by atoms with Gasteiger partial charge in [-0.15, -0.1) is 0 Å². The average molecular weight is 312 g/mol. The van der Waals surface area contributed by atoms with Crippen molar-refractivity contribution >= 4 is 28.3 Å². The van der Waals surface area contributed by atoms with E-state index in [1.165, 1.54) is 25.7 Å².